The number of amides is 1. The molecule has 196 valence electrons. The minimum Gasteiger partial charge on any atom is -0.496 e. The number of aryl methyl sites for hydroxylation is 1. The second-order valence-corrected chi connectivity index (χ2v) is 11.8. The molecular formula is C28H39N3O4S. The summed E-state index contributed by atoms with van der Waals surface area (Å²) in [6, 6.07) is 13.3. The minimum atomic E-state index is -3.54. The third kappa shape index (κ3) is 6.40. The van der Waals surface area contributed by atoms with Crippen molar-refractivity contribution in [3.8, 4) is 5.75 Å². The summed E-state index contributed by atoms with van der Waals surface area (Å²) in [7, 11) is -1.98. The summed E-state index contributed by atoms with van der Waals surface area (Å²) in [5, 5.41) is 3.08. The Kier molecular flexibility index (Phi) is 8.90. The Bertz CT molecular complexity index is 1120. The third-order valence-corrected chi connectivity index (χ3v) is 9.21. The first-order chi connectivity index (χ1) is 17.4. The van der Waals surface area contributed by atoms with Crippen molar-refractivity contribution in [1.82, 2.24) is 9.62 Å². The van der Waals surface area contributed by atoms with Crippen molar-refractivity contribution < 1.29 is 17.9 Å². The molecule has 1 amide bonds. The van der Waals surface area contributed by atoms with E-state index in [1.54, 1.807) is 29.6 Å². The van der Waals surface area contributed by atoms with Crippen LogP contribution < -0.4 is 15.0 Å². The van der Waals surface area contributed by atoms with Crippen molar-refractivity contribution in [2.24, 2.45) is 0 Å². The molecule has 0 bridgehead atoms. The number of anilines is 1. The summed E-state index contributed by atoms with van der Waals surface area (Å²) in [4.78, 5) is 15.4. The second kappa shape index (κ2) is 12.1. The van der Waals surface area contributed by atoms with Crippen LogP contribution in [-0.4, -0.2) is 51.9 Å². The first-order valence-electron chi connectivity index (χ1n) is 13.2. The molecule has 2 fully saturated rings. The van der Waals surface area contributed by atoms with Crippen molar-refractivity contribution >= 4 is 21.6 Å². The fourth-order valence-electron chi connectivity index (χ4n) is 5.14. The van der Waals surface area contributed by atoms with Crippen LogP contribution in [0.15, 0.2) is 47.4 Å². The average molecular weight is 514 g/mol. The van der Waals surface area contributed by atoms with Gasteiger partial charge in [0.2, 0.25) is 15.9 Å². The van der Waals surface area contributed by atoms with Gasteiger partial charge in [-0.2, -0.15) is 4.31 Å². The molecule has 0 aromatic heterocycles. The molecule has 1 N–H and O–H groups in total. The highest BCUT2D eigenvalue weighted by Gasteiger charge is 2.26. The monoisotopic (exact) mass is 513 g/mol. The van der Waals surface area contributed by atoms with Gasteiger partial charge in [-0.05, 0) is 86.9 Å². The van der Waals surface area contributed by atoms with E-state index in [4.69, 9.17) is 4.74 Å². The van der Waals surface area contributed by atoms with Crippen LogP contribution in [0.5, 0.6) is 5.75 Å². The number of ether oxygens (including phenoxy) is 1. The van der Waals surface area contributed by atoms with Crippen LogP contribution in [0.4, 0.5) is 5.69 Å². The Morgan fingerprint density at radius 1 is 0.944 bits per heavy atom. The fourth-order valence-corrected chi connectivity index (χ4v) is 6.70. The number of carbonyl (C=O) groups excluding carboxylic acids is 1. The zero-order valence-electron chi connectivity index (χ0n) is 21.5. The SMILES string of the molecule is COc1ccc(S(=O)(=O)N2CCCCC2)cc1CCC(=O)NC(C)c1ccc(N2CCCCC2)cc1. The number of hydrogen-bond donors (Lipinski definition) is 1. The largest absolute Gasteiger partial charge is 0.496 e. The zero-order valence-corrected chi connectivity index (χ0v) is 22.4. The smallest absolute Gasteiger partial charge is 0.243 e. The number of methoxy groups -OCH3 is 1. The summed E-state index contributed by atoms with van der Waals surface area (Å²) in [5.41, 5.74) is 3.03. The molecule has 2 saturated heterocycles. The Balaban J connectivity index is 1.36. The Hall–Kier alpha value is -2.58. The molecule has 0 radical (unpaired) electrons. The first-order valence-corrected chi connectivity index (χ1v) is 14.6. The lowest BCUT2D eigenvalue weighted by atomic mass is 10.0. The van der Waals surface area contributed by atoms with Crippen LogP contribution in [0.25, 0.3) is 0 Å². The Labute approximate surface area is 215 Å². The lowest BCUT2D eigenvalue weighted by Gasteiger charge is -2.29. The standard InChI is InChI=1S/C28H39N3O4S/c1-22(23-9-12-25(13-10-23)30-17-5-3-6-18-30)29-28(32)16-11-24-21-26(14-15-27(24)35-2)36(33,34)31-19-7-4-8-20-31/h9-10,12-15,21-22H,3-8,11,16-20H2,1-2H3,(H,29,32). The maximum absolute atomic E-state index is 13.1. The van der Waals surface area contributed by atoms with Crippen LogP contribution in [0, 0.1) is 0 Å². The van der Waals surface area contributed by atoms with Crippen molar-refractivity contribution in [3.05, 3.63) is 53.6 Å². The Morgan fingerprint density at radius 3 is 2.22 bits per heavy atom. The van der Waals surface area contributed by atoms with Crippen LogP contribution in [0.2, 0.25) is 0 Å². The molecule has 1 atom stereocenters. The molecule has 0 spiro atoms. The second-order valence-electron chi connectivity index (χ2n) is 9.87. The van der Waals surface area contributed by atoms with Crippen molar-refractivity contribution in [2.75, 3.05) is 38.2 Å². The lowest BCUT2D eigenvalue weighted by Crippen LogP contribution is -2.35. The lowest BCUT2D eigenvalue weighted by molar-refractivity contribution is -0.121. The predicted octanol–water partition coefficient (Wildman–Crippen LogP) is 4.67. The topological polar surface area (TPSA) is 79.0 Å². The number of nitrogens with zero attached hydrogens (tertiary/aromatic N) is 2. The molecular weight excluding hydrogens is 474 g/mol. The molecule has 2 aromatic rings. The predicted molar refractivity (Wildman–Crippen MR) is 143 cm³/mol. The minimum absolute atomic E-state index is 0.0750. The molecule has 0 saturated carbocycles. The van der Waals surface area contributed by atoms with E-state index < -0.39 is 10.0 Å². The number of nitrogens with one attached hydrogen (secondary N) is 1. The molecule has 4 rings (SSSR count). The van der Waals surface area contributed by atoms with E-state index >= 15 is 0 Å². The molecule has 2 aliphatic heterocycles. The van der Waals surface area contributed by atoms with E-state index in [-0.39, 0.29) is 23.3 Å². The summed E-state index contributed by atoms with van der Waals surface area (Å²) in [6.07, 6.45) is 7.29. The van der Waals surface area contributed by atoms with Crippen molar-refractivity contribution in [2.45, 2.75) is 69.2 Å². The first kappa shape index (κ1) is 26.5. The van der Waals surface area contributed by atoms with Crippen LogP contribution in [0.1, 0.15) is 69.0 Å². The maximum atomic E-state index is 13.1. The Morgan fingerprint density at radius 2 is 1.58 bits per heavy atom. The average Bonchev–Trinajstić information content (AvgIpc) is 2.92. The maximum Gasteiger partial charge on any atom is 0.243 e. The molecule has 0 aliphatic carbocycles. The molecule has 7 nitrogen and oxygen atoms in total. The fraction of sp³-hybridized carbons (Fsp3) is 0.536. The molecule has 2 aliphatic rings. The van der Waals surface area contributed by atoms with E-state index in [1.807, 2.05) is 6.92 Å². The quantitative estimate of drug-likeness (QED) is 0.527. The van der Waals surface area contributed by atoms with E-state index in [0.717, 1.165) is 43.5 Å². The van der Waals surface area contributed by atoms with Gasteiger partial charge in [0.25, 0.3) is 0 Å². The molecule has 36 heavy (non-hydrogen) atoms. The highest BCUT2D eigenvalue weighted by molar-refractivity contribution is 7.89. The normalized spacial score (nSPS) is 18.0. The number of piperidine rings is 2. The van der Waals surface area contributed by atoms with Crippen molar-refractivity contribution in [1.29, 1.82) is 0 Å². The number of sulfonamides is 1. The third-order valence-electron chi connectivity index (χ3n) is 7.32. The van der Waals surface area contributed by atoms with Crippen LogP contribution in [-0.2, 0) is 21.2 Å². The summed E-state index contributed by atoms with van der Waals surface area (Å²) in [6.45, 7) is 5.32. The van der Waals surface area contributed by atoms with Gasteiger partial charge in [0.15, 0.2) is 0 Å². The van der Waals surface area contributed by atoms with Gasteiger partial charge in [-0.15, -0.1) is 0 Å². The molecule has 1 unspecified atom stereocenters. The van der Waals surface area contributed by atoms with E-state index in [9.17, 15) is 13.2 Å². The number of hydrogen-bond acceptors (Lipinski definition) is 5. The van der Waals surface area contributed by atoms with Gasteiger partial charge in [0.05, 0.1) is 18.0 Å². The number of rotatable bonds is 9. The van der Waals surface area contributed by atoms with Crippen LogP contribution in [0.3, 0.4) is 0 Å². The summed E-state index contributed by atoms with van der Waals surface area (Å²) in [5.74, 6) is 0.524. The molecule has 2 heterocycles. The summed E-state index contributed by atoms with van der Waals surface area (Å²) >= 11 is 0. The van der Waals surface area contributed by atoms with Gasteiger partial charge in [-0.3, -0.25) is 4.79 Å². The number of benzene rings is 2. The van der Waals surface area contributed by atoms with Gasteiger partial charge < -0.3 is 15.0 Å². The highest BCUT2D eigenvalue weighted by Crippen LogP contribution is 2.28. The van der Waals surface area contributed by atoms with Gasteiger partial charge >= 0.3 is 0 Å². The van der Waals surface area contributed by atoms with Gasteiger partial charge in [0, 0.05) is 38.3 Å². The van der Waals surface area contributed by atoms with Crippen LogP contribution >= 0.6 is 0 Å². The van der Waals surface area contributed by atoms with Gasteiger partial charge in [-0.25, -0.2) is 8.42 Å². The molecule has 2 aromatic carbocycles. The van der Waals surface area contributed by atoms with E-state index in [1.165, 1.54) is 24.9 Å². The van der Waals surface area contributed by atoms with Gasteiger partial charge in [0.1, 0.15) is 5.75 Å². The zero-order chi connectivity index (χ0) is 25.5. The highest BCUT2D eigenvalue weighted by atomic mass is 32.2. The van der Waals surface area contributed by atoms with Gasteiger partial charge in [-0.1, -0.05) is 18.6 Å². The molecule has 8 heteroatoms. The van der Waals surface area contributed by atoms with Crippen molar-refractivity contribution in [3.63, 3.8) is 0 Å². The van der Waals surface area contributed by atoms with E-state index in [2.05, 4.69) is 34.5 Å². The summed E-state index contributed by atoms with van der Waals surface area (Å²) < 4.78 is 33.2. The van der Waals surface area contributed by atoms with E-state index in [0.29, 0.717) is 25.3 Å². The number of carbonyl (C=O) groups is 1.